The van der Waals surface area contributed by atoms with Crippen molar-refractivity contribution in [1.82, 2.24) is 19.6 Å². The predicted molar refractivity (Wildman–Crippen MR) is 111 cm³/mol. The lowest BCUT2D eigenvalue weighted by Crippen LogP contribution is -2.12. The normalized spacial score (nSPS) is 10.9. The summed E-state index contributed by atoms with van der Waals surface area (Å²) >= 11 is 1.17. The van der Waals surface area contributed by atoms with Gasteiger partial charge in [-0.05, 0) is 24.1 Å². The molecule has 0 aliphatic rings. The Labute approximate surface area is 170 Å². The number of H-pyrrole nitrogens is 1. The van der Waals surface area contributed by atoms with Crippen LogP contribution in [0.4, 0.5) is 0 Å². The number of nitrogens with one attached hydrogen (secondary N) is 1. The monoisotopic (exact) mass is 406 g/mol. The molecule has 8 heteroatoms. The second kappa shape index (κ2) is 8.32. The lowest BCUT2D eigenvalue weighted by atomic mass is 10.2. The molecule has 0 saturated heterocycles. The van der Waals surface area contributed by atoms with E-state index in [0.29, 0.717) is 22.4 Å². The summed E-state index contributed by atoms with van der Waals surface area (Å²) in [6, 6.07) is 18.3. The van der Waals surface area contributed by atoms with Crippen molar-refractivity contribution in [1.29, 1.82) is 0 Å². The van der Waals surface area contributed by atoms with E-state index < -0.39 is 5.97 Å². The quantitative estimate of drug-likeness (QED) is 0.300. The highest BCUT2D eigenvalue weighted by Gasteiger charge is 2.14. The molecular weight excluding hydrogens is 388 g/mol. The Balaban J connectivity index is 1.55. The first kappa shape index (κ1) is 18.9. The molecule has 2 heterocycles. The smallest absolute Gasteiger partial charge is 0.321 e. The Morgan fingerprint density at radius 1 is 1.10 bits per heavy atom. The molecule has 0 atom stereocenters. The van der Waals surface area contributed by atoms with Crippen LogP contribution in [-0.2, 0) is 11.2 Å². The second-order valence-corrected chi connectivity index (χ2v) is 7.21. The molecule has 29 heavy (non-hydrogen) atoms. The number of carbonyl (C=O) groups excluding carboxylic acids is 1. The van der Waals surface area contributed by atoms with Crippen molar-refractivity contribution in [3.8, 4) is 17.1 Å². The number of fused-ring (bicyclic) bond motifs is 1. The van der Waals surface area contributed by atoms with E-state index in [-0.39, 0.29) is 11.3 Å². The number of benzene rings is 2. The molecule has 1 N–H and O–H groups in total. The number of aryl methyl sites for hydroxylation is 1. The summed E-state index contributed by atoms with van der Waals surface area (Å²) < 4.78 is 6.86. The zero-order valence-electron chi connectivity index (χ0n) is 15.7. The minimum Gasteiger partial charge on any atom is -0.426 e. The minimum atomic E-state index is -0.401. The molecule has 0 unspecified atom stereocenters. The van der Waals surface area contributed by atoms with Gasteiger partial charge in [0.2, 0.25) is 0 Å². The molecule has 0 radical (unpaired) electrons. The van der Waals surface area contributed by atoms with E-state index in [1.54, 1.807) is 12.1 Å². The van der Waals surface area contributed by atoms with Crippen molar-refractivity contribution in [3.63, 3.8) is 0 Å². The average Bonchev–Trinajstić information content (AvgIpc) is 3.13. The van der Waals surface area contributed by atoms with Gasteiger partial charge in [0.15, 0.2) is 16.6 Å². The number of aromatic amines is 1. The van der Waals surface area contributed by atoms with Crippen LogP contribution in [0.2, 0.25) is 0 Å². The molecule has 0 aliphatic heterocycles. The third-order valence-corrected chi connectivity index (χ3v) is 5.15. The summed E-state index contributed by atoms with van der Waals surface area (Å²) in [7, 11) is 0. The van der Waals surface area contributed by atoms with Crippen molar-refractivity contribution in [2.75, 3.05) is 5.75 Å². The number of nitrogens with zero attached hydrogens (tertiary/aromatic N) is 3. The summed E-state index contributed by atoms with van der Waals surface area (Å²) in [6.45, 7) is 2.06. The summed E-state index contributed by atoms with van der Waals surface area (Å²) in [5.41, 5.74) is 2.15. The SMILES string of the molecule is CCc1ccc(OC(=O)CSc2nc(-c3ccccc3)nc3cc(=O)[nH]n23)cc1. The number of carbonyl (C=O) groups is 1. The maximum atomic E-state index is 12.3. The molecule has 7 nitrogen and oxygen atoms in total. The van der Waals surface area contributed by atoms with E-state index in [1.807, 2.05) is 42.5 Å². The van der Waals surface area contributed by atoms with Crippen molar-refractivity contribution >= 4 is 23.4 Å². The Morgan fingerprint density at radius 3 is 2.59 bits per heavy atom. The maximum absolute atomic E-state index is 12.3. The maximum Gasteiger partial charge on any atom is 0.321 e. The van der Waals surface area contributed by atoms with Gasteiger partial charge in [-0.25, -0.2) is 14.5 Å². The summed E-state index contributed by atoms with van der Waals surface area (Å²) in [4.78, 5) is 33.0. The van der Waals surface area contributed by atoms with Gasteiger partial charge in [0.25, 0.3) is 5.56 Å². The van der Waals surface area contributed by atoms with Crippen LogP contribution in [0, 0.1) is 0 Å². The number of aromatic nitrogens is 4. The number of hydrogen-bond acceptors (Lipinski definition) is 6. The van der Waals surface area contributed by atoms with Gasteiger partial charge in [0.1, 0.15) is 5.75 Å². The van der Waals surface area contributed by atoms with Gasteiger partial charge in [-0.1, -0.05) is 61.2 Å². The first-order valence-corrected chi connectivity index (χ1v) is 10.1. The summed E-state index contributed by atoms with van der Waals surface area (Å²) in [5.74, 6) is 0.619. The molecule has 0 spiro atoms. The first-order chi connectivity index (χ1) is 14.1. The number of hydrogen-bond donors (Lipinski definition) is 1. The number of ether oxygens (including phenoxy) is 1. The van der Waals surface area contributed by atoms with Crippen LogP contribution in [0.1, 0.15) is 12.5 Å². The summed E-state index contributed by atoms with van der Waals surface area (Å²) in [5, 5.41) is 3.11. The Morgan fingerprint density at radius 2 is 1.86 bits per heavy atom. The first-order valence-electron chi connectivity index (χ1n) is 9.10. The van der Waals surface area contributed by atoms with E-state index >= 15 is 0 Å². The van der Waals surface area contributed by atoms with Crippen LogP contribution in [0.15, 0.2) is 70.6 Å². The number of thioether (sulfide) groups is 1. The van der Waals surface area contributed by atoms with Gasteiger partial charge >= 0.3 is 5.97 Å². The molecule has 4 aromatic rings. The fraction of sp³-hybridized carbons (Fsp3) is 0.143. The molecule has 0 fully saturated rings. The lowest BCUT2D eigenvalue weighted by Gasteiger charge is -2.08. The fourth-order valence-electron chi connectivity index (χ4n) is 2.77. The highest BCUT2D eigenvalue weighted by molar-refractivity contribution is 7.99. The van der Waals surface area contributed by atoms with E-state index in [2.05, 4.69) is 22.0 Å². The van der Waals surface area contributed by atoms with Crippen molar-refractivity contribution in [3.05, 3.63) is 76.6 Å². The Kier molecular flexibility index (Phi) is 5.44. The fourth-order valence-corrected chi connectivity index (χ4v) is 3.50. The molecule has 0 amide bonds. The molecular formula is C21H18N4O3S. The third kappa shape index (κ3) is 4.38. The van der Waals surface area contributed by atoms with Gasteiger partial charge < -0.3 is 4.74 Å². The summed E-state index contributed by atoms with van der Waals surface area (Å²) in [6.07, 6.45) is 0.923. The molecule has 2 aromatic heterocycles. The molecule has 4 rings (SSSR count). The van der Waals surface area contributed by atoms with Gasteiger partial charge in [-0.2, -0.15) is 0 Å². The van der Waals surface area contributed by atoms with Crippen LogP contribution >= 0.6 is 11.8 Å². The van der Waals surface area contributed by atoms with Crippen LogP contribution in [-0.4, -0.2) is 31.3 Å². The Bertz CT molecular complexity index is 1200. The highest BCUT2D eigenvalue weighted by atomic mass is 32.2. The largest absolute Gasteiger partial charge is 0.426 e. The van der Waals surface area contributed by atoms with Crippen LogP contribution < -0.4 is 10.3 Å². The van der Waals surface area contributed by atoms with Crippen molar-refractivity contribution in [2.24, 2.45) is 0 Å². The van der Waals surface area contributed by atoms with E-state index in [0.717, 1.165) is 12.0 Å². The number of esters is 1. The van der Waals surface area contributed by atoms with Crippen LogP contribution in [0.5, 0.6) is 5.75 Å². The highest BCUT2D eigenvalue weighted by Crippen LogP contribution is 2.22. The van der Waals surface area contributed by atoms with Gasteiger partial charge in [-0.15, -0.1) is 0 Å². The topological polar surface area (TPSA) is 89.3 Å². The van der Waals surface area contributed by atoms with Crippen molar-refractivity contribution in [2.45, 2.75) is 18.5 Å². The molecule has 2 aromatic carbocycles. The minimum absolute atomic E-state index is 0.0378. The lowest BCUT2D eigenvalue weighted by molar-refractivity contribution is -0.131. The standard InChI is InChI=1S/C21H18N4O3S/c1-2-14-8-10-16(11-9-14)28-19(27)13-29-21-23-20(15-6-4-3-5-7-15)22-17-12-18(26)24-25(17)21/h3-12H,2,13H2,1H3,(H,24,26). The van der Waals surface area contributed by atoms with Gasteiger partial charge in [0.05, 0.1) is 5.75 Å². The number of rotatable bonds is 6. The zero-order chi connectivity index (χ0) is 20.2. The molecule has 0 saturated carbocycles. The average molecular weight is 406 g/mol. The van der Waals surface area contributed by atoms with Crippen molar-refractivity contribution < 1.29 is 9.53 Å². The predicted octanol–water partition coefficient (Wildman–Crippen LogP) is 3.34. The molecule has 0 bridgehead atoms. The molecule has 0 aliphatic carbocycles. The Hall–Kier alpha value is -3.39. The third-order valence-electron chi connectivity index (χ3n) is 4.24. The second-order valence-electron chi connectivity index (χ2n) is 6.27. The van der Waals surface area contributed by atoms with Crippen LogP contribution in [0.25, 0.3) is 17.0 Å². The van der Waals surface area contributed by atoms with Gasteiger partial charge in [-0.3, -0.25) is 14.7 Å². The molecule has 146 valence electrons. The zero-order valence-corrected chi connectivity index (χ0v) is 16.5. The van der Waals surface area contributed by atoms with E-state index in [9.17, 15) is 9.59 Å². The van der Waals surface area contributed by atoms with Gasteiger partial charge in [0, 0.05) is 11.6 Å². The van der Waals surface area contributed by atoms with E-state index in [1.165, 1.54) is 27.9 Å². The van der Waals surface area contributed by atoms with E-state index in [4.69, 9.17) is 4.74 Å². The van der Waals surface area contributed by atoms with Crippen LogP contribution in [0.3, 0.4) is 0 Å².